The Balaban J connectivity index is 1.61. The summed E-state index contributed by atoms with van der Waals surface area (Å²) in [5.74, 6) is -0.184. The predicted octanol–water partition coefficient (Wildman–Crippen LogP) is 2.48. The smallest absolute Gasteiger partial charge is 0.410 e. The van der Waals surface area contributed by atoms with Crippen LogP contribution in [-0.4, -0.2) is 97.0 Å². The van der Waals surface area contributed by atoms with Crippen molar-refractivity contribution in [2.24, 2.45) is 5.41 Å². The van der Waals surface area contributed by atoms with Crippen molar-refractivity contribution in [1.82, 2.24) is 14.7 Å². The van der Waals surface area contributed by atoms with Crippen molar-refractivity contribution in [3.63, 3.8) is 0 Å². The molecule has 3 rings (SSSR count). The number of carbonyl (C=O) groups is 3. The first-order chi connectivity index (χ1) is 14.6. The van der Waals surface area contributed by atoms with Crippen molar-refractivity contribution < 1.29 is 28.6 Å². The zero-order valence-electron chi connectivity index (χ0n) is 19.4. The van der Waals surface area contributed by atoms with Gasteiger partial charge in [0.15, 0.2) is 0 Å². The summed E-state index contributed by atoms with van der Waals surface area (Å²) in [7, 11) is 0. The van der Waals surface area contributed by atoms with E-state index in [0.717, 1.165) is 32.5 Å². The fraction of sp³-hybridized carbons (Fsp3) is 0.864. The minimum Gasteiger partial charge on any atom is -0.444 e. The van der Waals surface area contributed by atoms with Crippen LogP contribution in [0.3, 0.4) is 0 Å². The van der Waals surface area contributed by atoms with Gasteiger partial charge >= 0.3 is 12.1 Å². The molecule has 1 atom stereocenters. The molecule has 3 heterocycles. The number of hydrogen-bond acceptors (Lipinski definition) is 6. The van der Waals surface area contributed by atoms with Crippen LogP contribution in [0, 0.1) is 5.41 Å². The van der Waals surface area contributed by atoms with Crippen LogP contribution >= 0.6 is 0 Å². The minimum absolute atomic E-state index is 0.0504. The SMILES string of the molecule is CCC1(CN2CCC(=O)N(CC3CN(C(=O)OC(C)(C)C)CCO3)C2=O)CCOCC1. The summed E-state index contributed by atoms with van der Waals surface area (Å²) >= 11 is 0. The summed E-state index contributed by atoms with van der Waals surface area (Å²) in [4.78, 5) is 42.9. The highest BCUT2D eigenvalue weighted by molar-refractivity contribution is 5.96. The number of carbonyl (C=O) groups excluding carboxylic acids is 3. The van der Waals surface area contributed by atoms with Crippen LogP contribution < -0.4 is 0 Å². The predicted molar refractivity (Wildman–Crippen MR) is 114 cm³/mol. The number of rotatable bonds is 5. The van der Waals surface area contributed by atoms with E-state index in [-0.39, 0.29) is 23.9 Å². The van der Waals surface area contributed by atoms with Crippen molar-refractivity contribution in [1.29, 1.82) is 0 Å². The Morgan fingerprint density at radius 1 is 1.16 bits per heavy atom. The van der Waals surface area contributed by atoms with Gasteiger partial charge in [0.1, 0.15) is 5.60 Å². The van der Waals surface area contributed by atoms with Crippen LogP contribution in [0.1, 0.15) is 53.4 Å². The molecule has 0 aromatic rings. The molecule has 0 saturated carbocycles. The van der Waals surface area contributed by atoms with Crippen LogP contribution in [0.5, 0.6) is 0 Å². The van der Waals surface area contributed by atoms with E-state index in [1.54, 1.807) is 4.90 Å². The van der Waals surface area contributed by atoms with Crippen LogP contribution in [0.2, 0.25) is 0 Å². The molecule has 176 valence electrons. The monoisotopic (exact) mass is 439 g/mol. The lowest BCUT2D eigenvalue weighted by Crippen LogP contribution is -2.59. The molecule has 0 N–H and O–H groups in total. The third-order valence-electron chi connectivity index (χ3n) is 6.40. The van der Waals surface area contributed by atoms with Gasteiger partial charge in [0.2, 0.25) is 5.91 Å². The number of ether oxygens (including phenoxy) is 3. The van der Waals surface area contributed by atoms with E-state index in [1.807, 2.05) is 25.7 Å². The summed E-state index contributed by atoms with van der Waals surface area (Å²) in [6.07, 6.45) is 2.32. The van der Waals surface area contributed by atoms with Crippen LogP contribution in [0.25, 0.3) is 0 Å². The Morgan fingerprint density at radius 3 is 2.52 bits per heavy atom. The molecule has 3 fully saturated rings. The molecular weight excluding hydrogens is 402 g/mol. The van der Waals surface area contributed by atoms with E-state index in [2.05, 4.69) is 6.92 Å². The lowest BCUT2D eigenvalue weighted by Gasteiger charge is -2.44. The molecule has 9 nitrogen and oxygen atoms in total. The molecule has 1 unspecified atom stereocenters. The molecule has 0 bridgehead atoms. The summed E-state index contributed by atoms with van der Waals surface area (Å²) in [5, 5.41) is 0. The molecule has 0 aromatic carbocycles. The van der Waals surface area contributed by atoms with E-state index in [4.69, 9.17) is 14.2 Å². The summed E-state index contributed by atoms with van der Waals surface area (Å²) in [5.41, 5.74) is -0.529. The highest BCUT2D eigenvalue weighted by atomic mass is 16.6. The van der Waals surface area contributed by atoms with Crippen molar-refractivity contribution in [2.45, 2.75) is 65.1 Å². The van der Waals surface area contributed by atoms with Crippen molar-refractivity contribution >= 4 is 18.0 Å². The number of nitrogens with zero attached hydrogens (tertiary/aromatic N) is 3. The molecule has 31 heavy (non-hydrogen) atoms. The van der Waals surface area contributed by atoms with Gasteiger partial charge in [0.25, 0.3) is 0 Å². The zero-order chi connectivity index (χ0) is 22.6. The lowest BCUT2D eigenvalue weighted by molar-refractivity contribution is -0.134. The van der Waals surface area contributed by atoms with E-state index in [0.29, 0.717) is 39.2 Å². The molecule has 3 aliphatic rings. The quantitative estimate of drug-likeness (QED) is 0.654. The fourth-order valence-electron chi connectivity index (χ4n) is 4.42. The molecular formula is C22H37N3O6. The maximum atomic E-state index is 13.2. The molecule has 3 aliphatic heterocycles. The van der Waals surface area contributed by atoms with Crippen LogP contribution in [0.15, 0.2) is 0 Å². The first kappa shape index (κ1) is 23.8. The standard InChI is InChI=1S/C22H37N3O6/c1-5-22(7-11-29-12-8-22)16-24-9-6-18(26)25(19(24)27)15-17-14-23(10-13-30-17)20(28)31-21(2,3)4/h17H,5-16H2,1-4H3. The normalized spacial score (nSPS) is 25.0. The first-order valence-electron chi connectivity index (χ1n) is 11.4. The topological polar surface area (TPSA) is 88.6 Å². The third-order valence-corrected chi connectivity index (χ3v) is 6.40. The molecule has 4 amide bonds. The largest absolute Gasteiger partial charge is 0.444 e. The Labute approximate surface area is 184 Å². The second-order valence-corrected chi connectivity index (χ2v) is 9.84. The van der Waals surface area contributed by atoms with Crippen molar-refractivity contribution in [2.75, 3.05) is 52.5 Å². The summed E-state index contributed by atoms with van der Waals surface area (Å²) in [6, 6.07) is -0.256. The molecule has 0 radical (unpaired) electrons. The van der Waals surface area contributed by atoms with Gasteiger partial charge < -0.3 is 24.0 Å². The van der Waals surface area contributed by atoms with E-state index >= 15 is 0 Å². The van der Waals surface area contributed by atoms with Gasteiger partial charge in [-0.05, 0) is 45.4 Å². The average Bonchev–Trinajstić information content (AvgIpc) is 2.73. The number of urea groups is 1. The van der Waals surface area contributed by atoms with Gasteiger partial charge in [-0.2, -0.15) is 0 Å². The fourth-order valence-corrected chi connectivity index (χ4v) is 4.42. The van der Waals surface area contributed by atoms with Gasteiger partial charge in [0, 0.05) is 39.3 Å². The highest BCUT2D eigenvalue weighted by Gasteiger charge is 2.40. The Hall–Kier alpha value is -1.87. The van der Waals surface area contributed by atoms with Crippen molar-refractivity contribution in [3.8, 4) is 0 Å². The van der Waals surface area contributed by atoms with Crippen LogP contribution in [0.4, 0.5) is 9.59 Å². The second-order valence-electron chi connectivity index (χ2n) is 9.84. The number of imide groups is 1. The van der Waals surface area contributed by atoms with E-state index < -0.39 is 17.8 Å². The maximum absolute atomic E-state index is 13.2. The molecule has 0 aliphatic carbocycles. The van der Waals surface area contributed by atoms with E-state index in [1.165, 1.54) is 4.90 Å². The lowest BCUT2D eigenvalue weighted by atomic mass is 9.77. The van der Waals surface area contributed by atoms with E-state index in [9.17, 15) is 14.4 Å². The first-order valence-corrected chi connectivity index (χ1v) is 11.4. The highest BCUT2D eigenvalue weighted by Crippen LogP contribution is 2.35. The third kappa shape index (κ3) is 6.10. The summed E-state index contributed by atoms with van der Waals surface area (Å²) < 4.78 is 16.7. The molecule has 3 saturated heterocycles. The molecule has 0 spiro atoms. The van der Waals surface area contributed by atoms with Gasteiger partial charge in [-0.15, -0.1) is 0 Å². The van der Waals surface area contributed by atoms with Crippen LogP contribution in [-0.2, 0) is 19.0 Å². The van der Waals surface area contributed by atoms with Gasteiger partial charge in [-0.1, -0.05) is 6.92 Å². The number of hydrogen-bond donors (Lipinski definition) is 0. The van der Waals surface area contributed by atoms with Gasteiger partial charge in [0.05, 0.1) is 25.8 Å². The minimum atomic E-state index is -0.580. The van der Waals surface area contributed by atoms with Gasteiger partial charge in [-0.3, -0.25) is 9.69 Å². The Morgan fingerprint density at radius 2 is 1.87 bits per heavy atom. The Bertz CT molecular complexity index is 671. The average molecular weight is 440 g/mol. The summed E-state index contributed by atoms with van der Waals surface area (Å²) in [6.45, 7) is 11.4. The number of morpholine rings is 1. The Kier molecular flexibility index (Phi) is 7.47. The zero-order valence-corrected chi connectivity index (χ0v) is 19.4. The molecule has 0 aromatic heterocycles. The van der Waals surface area contributed by atoms with Crippen molar-refractivity contribution in [3.05, 3.63) is 0 Å². The second kappa shape index (κ2) is 9.73. The molecule has 9 heteroatoms. The maximum Gasteiger partial charge on any atom is 0.410 e. The van der Waals surface area contributed by atoms with Gasteiger partial charge in [-0.25, -0.2) is 9.59 Å². The number of amides is 4.